The Kier molecular flexibility index (Phi) is 5.67. The number of thioether (sulfide) groups is 1. The fourth-order valence-electron chi connectivity index (χ4n) is 2.52. The SMILES string of the molecule is Cc1cc(C)c(S(=O)(=O)NCCSc2ccccc2)c(C)c1. The van der Waals surface area contributed by atoms with E-state index in [9.17, 15) is 8.42 Å². The van der Waals surface area contributed by atoms with Crippen molar-refractivity contribution in [1.82, 2.24) is 4.72 Å². The summed E-state index contributed by atoms with van der Waals surface area (Å²) in [6, 6.07) is 13.8. The smallest absolute Gasteiger partial charge is 0.210 e. The van der Waals surface area contributed by atoms with E-state index in [1.165, 1.54) is 0 Å². The summed E-state index contributed by atoms with van der Waals surface area (Å²) < 4.78 is 27.7. The Morgan fingerprint density at radius 1 is 1.00 bits per heavy atom. The van der Waals surface area contributed by atoms with E-state index >= 15 is 0 Å². The highest BCUT2D eigenvalue weighted by Gasteiger charge is 2.19. The van der Waals surface area contributed by atoms with Crippen LogP contribution in [0, 0.1) is 20.8 Å². The first kappa shape index (κ1) is 17.1. The lowest BCUT2D eigenvalue weighted by Gasteiger charge is -2.13. The number of aryl methyl sites for hydroxylation is 3. The maximum absolute atomic E-state index is 12.5. The second-order valence-electron chi connectivity index (χ2n) is 5.29. The zero-order chi connectivity index (χ0) is 16.2. The molecule has 0 amide bonds. The largest absolute Gasteiger partial charge is 0.241 e. The Morgan fingerprint density at radius 2 is 1.59 bits per heavy atom. The molecule has 22 heavy (non-hydrogen) atoms. The molecule has 2 rings (SSSR count). The summed E-state index contributed by atoms with van der Waals surface area (Å²) in [5.41, 5.74) is 2.66. The minimum Gasteiger partial charge on any atom is -0.210 e. The second-order valence-corrected chi connectivity index (χ2v) is 8.16. The first-order valence-electron chi connectivity index (χ1n) is 7.15. The van der Waals surface area contributed by atoms with E-state index in [1.807, 2.05) is 63.2 Å². The monoisotopic (exact) mass is 335 g/mol. The van der Waals surface area contributed by atoms with E-state index in [0.29, 0.717) is 17.2 Å². The summed E-state index contributed by atoms with van der Waals surface area (Å²) in [6.45, 7) is 6.07. The normalized spacial score (nSPS) is 11.6. The highest BCUT2D eigenvalue weighted by molar-refractivity contribution is 7.99. The third-order valence-electron chi connectivity index (χ3n) is 3.28. The highest BCUT2D eigenvalue weighted by atomic mass is 32.2. The molecule has 0 atom stereocenters. The Labute approximate surface area is 137 Å². The quantitative estimate of drug-likeness (QED) is 0.647. The molecule has 0 bridgehead atoms. The lowest BCUT2D eigenvalue weighted by atomic mass is 10.1. The molecule has 2 aromatic rings. The summed E-state index contributed by atoms with van der Waals surface area (Å²) in [5.74, 6) is 0.702. The third kappa shape index (κ3) is 4.35. The van der Waals surface area contributed by atoms with Gasteiger partial charge in [0.1, 0.15) is 0 Å². The zero-order valence-corrected chi connectivity index (χ0v) is 14.7. The van der Waals surface area contributed by atoms with Gasteiger partial charge in [0.15, 0.2) is 0 Å². The summed E-state index contributed by atoms with van der Waals surface area (Å²) >= 11 is 1.64. The van der Waals surface area contributed by atoms with Crippen molar-refractivity contribution in [3.8, 4) is 0 Å². The van der Waals surface area contributed by atoms with Crippen LogP contribution in [0.25, 0.3) is 0 Å². The molecule has 2 aromatic carbocycles. The Bertz CT molecular complexity index is 718. The van der Waals surface area contributed by atoms with Crippen molar-refractivity contribution in [1.29, 1.82) is 0 Å². The molecular formula is C17H21NO2S2. The third-order valence-corrected chi connectivity index (χ3v) is 6.06. The molecule has 0 saturated carbocycles. The number of nitrogens with one attached hydrogen (secondary N) is 1. The van der Waals surface area contributed by atoms with Crippen molar-refractivity contribution in [2.45, 2.75) is 30.6 Å². The lowest BCUT2D eigenvalue weighted by Crippen LogP contribution is -2.27. The molecule has 0 unspecified atom stereocenters. The van der Waals surface area contributed by atoms with E-state index < -0.39 is 10.0 Å². The molecule has 3 nitrogen and oxygen atoms in total. The van der Waals surface area contributed by atoms with Gasteiger partial charge >= 0.3 is 0 Å². The maximum Gasteiger partial charge on any atom is 0.241 e. The van der Waals surface area contributed by atoms with Crippen LogP contribution in [0.1, 0.15) is 16.7 Å². The minimum atomic E-state index is -3.46. The van der Waals surface area contributed by atoms with E-state index in [4.69, 9.17) is 0 Å². The van der Waals surface area contributed by atoms with Crippen LogP contribution in [0.4, 0.5) is 0 Å². The van der Waals surface area contributed by atoms with Crippen molar-refractivity contribution in [2.24, 2.45) is 0 Å². The first-order valence-corrected chi connectivity index (χ1v) is 9.62. The van der Waals surface area contributed by atoms with Gasteiger partial charge in [-0.25, -0.2) is 13.1 Å². The molecule has 0 aliphatic heterocycles. The van der Waals surface area contributed by atoms with Crippen LogP contribution in [0.2, 0.25) is 0 Å². The van der Waals surface area contributed by atoms with E-state index in [0.717, 1.165) is 21.6 Å². The van der Waals surface area contributed by atoms with Crippen molar-refractivity contribution >= 4 is 21.8 Å². The molecule has 0 radical (unpaired) electrons. The van der Waals surface area contributed by atoms with Crippen molar-refractivity contribution in [3.63, 3.8) is 0 Å². The van der Waals surface area contributed by atoms with Crippen molar-refractivity contribution in [2.75, 3.05) is 12.3 Å². The summed E-state index contributed by atoms with van der Waals surface area (Å²) in [5, 5.41) is 0. The number of hydrogen-bond donors (Lipinski definition) is 1. The summed E-state index contributed by atoms with van der Waals surface area (Å²) in [7, 11) is -3.46. The Hall–Kier alpha value is -1.30. The Morgan fingerprint density at radius 3 is 2.18 bits per heavy atom. The number of rotatable bonds is 6. The van der Waals surface area contributed by atoms with Gasteiger partial charge in [0.2, 0.25) is 10.0 Å². The molecule has 0 heterocycles. The van der Waals surface area contributed by atoms with Crippen LogP contribution in [0.5, 0.6) is 0 Å². The average Bonchev–Trinajstić information content (AvgIpc) is 2.43. The van der Waals surface area contributed by atoms with Gasteiger partial charge < -0.3 is 0 Å². The first-order chi connectivity index (χ1) is 10.4. The molecule has 0 aromatic heterocycles. The van der Waals surface area contributed by atoms with Gasteiger partial charge in [-0.1, -0.05) is 35.9 Å². The standard InChI is InChI=1S/C17H21NO2S2/c1-13-11-14(2)17(15(3)12-13)22(19,20)18-9-10-21-16-7-5-4-6-8-16/h4-8,11-12,18H,9-10H2,1-3H3. The van der Waals surface area contributed by atoms with Crippen LogP contribution in [-0.4, -0.2) is 20.7 Å². The van der Waals surface area contributed by atoms with E-state index in [-0.39, 0.29) is 0 Å². The predicted octanol–water partition coefficient (Wildman–Crippen LogP) is 3.68. The molecule has 1 N–H and O–H groups in total. The van der Waals surface area contributed by atoms with Crippen LogP contribution < -0.4 is 4.72 Å². The minimum absolute atomic E-state index is 0.405. The lowest BCUT2D eigenvalue weighted by molar-refractivity contribution is 0.583. The van der Waals surface area contributed by atoms with Gasteiger partial charge in [0.25, 0.3) is 0 Å². The van der Waals surface area contributed by atoms with Crippen LogP contribution in [0.3, 0.4) is 0 Å². The van der Waals surface area contributed by atoms with Gasteiger partial charge in [0, 0.05) is 17.2 Å². The molecule has 5 heteroatoms. The van der Waals surface area contributed by atoms with E-state index in [1.54, 1.807) is 11.8 Å². The molecule has 118 valence electrons. The number of hydrogen-bond acceptors (Lipinski definition) is 3. The molecule has 0 spiro atoms. The highest BCUT2D eigenvalue weighted by Crippen LogP contribution is 2.22. The van der Waals surface area contributed by atoms with Gasteiger partial charge in [-0.3, -0.25) is 0 Å². The van der Waals surface area contributed by atoms with Crippen molar-refractivity contribution < 1.29 is 8.42 Å². The van der Waals surface area contributed by atoms with Gasteiger partial charge in [-0.2, -0.15) is 0 Å². The van der Waals surface area contributed by atoms with Crippen LogP contribution in [-0.2, 0) is 10.0 Å². The predicted molar refractivity (Wildman–Crippen MR) is 93.0 cm³/mol. The van der Waals surface area contributed by atoms with Gasteiger partial charge in [-0.05, 0) is 44.0 Å². The van der Waals surface area contributed by atoms with Crippen LogP contribution >= 0.6 is 11.8 Å². The maximum atomic E-state index is 12.5. The topological polar surface area (TPSA) is 46.2 Å². The zero-order valence-electron chi connectivity index (χ0n) is 13.1. The van der Waals surface area contributed by atoms with Crippen molar-refractivity contribution in [3.05, 3.63) is 59.2 Å². The number of benzene rings is 2. The summed E-state index contributed by atoms with van der Waals surface area (Å²) in [6.07, 6.45) is 0. The van der Waals surface area contributed by atoms with E-state index in [2.05, 4.69) is 4.72 Å². The summed E-state index contributed by atoms with van der Waals surface area (Å²) in [4.78, 5) is 1.55. The van der Waals surface area contributed by atoms with Crippen LogP contribution in [0.15, 0.2) is 52.3 Å². The Balaban J connectivity index is 2.00. The van der Waals surface area contributed by atoms with Gasteiger partial charge in [0.05, 0.1) is 4.90 Å². The molecule has 0 fully saturated rings. The number of sulfonamides is 1. The average molecular weight is 335 g/mol. The molecular weight excluding hydrogens is 314 g/mol. The van der Waals surface area contributed by atoms with Gasteiger partial charge in [-0.15, -0.1) is 11.8 Å². The fourth-order valence-corrected chi connectivity index (χ4v) is 4.92. The second kappa shape index (κ2) is 7.31. The molecule has 0 aliphatic rings. The fraction of sp³-hybridized carbons (Fsp3) is 0.294. The molecule has 0 saturated heterocycles. The molecule has 0 aliphatic carbocycles.